The van der Waals surface area contributed by atoms with Gasteiger partial charge in [-0.25, -0.2) is 0 Å². The van der Waals surface area contributed by atoms with E-state index in [0.29, 0.717) is 18.1 Å². The molecule has 0 radical (unpaired) electrons. The summed E-state index contributed by atoms with van der Waals surface area (Å²) in [6.07, 6.45) is 0. The van der Waals surface area contributed by atoms with Crippen molar-refractivity contribution >= 4 is 11.6 Å². The Bertz CT molecular complexity index is 950. The van der Waals surface area contributed by atoms with Gasteiger partial charge in [0.25, 0.3) is 0 Å². The van der Waals surface area contributed by atoms with Gasteiger partial charge in [-0.1, -0.05) is 24.3 Å². The number of hydrogen-bond donors (Lipinski definition) is 1. The number of carbonyl (C=O) groups excluding carboxylic acids is 1. The van der Waals surface area contributed by atoms with Crippen molar-refractivity contribution in [3.8, 4) is 11.4 Å². The second kappa shape index (κ2) is 6.01. The molecule has 0 bridgehead atoms. The number of tetrazole rings is 1. The molecule has 0 saturated heterocycles. The molecule has 3 aromatic rings. The van der Waals surface area contributed by atoms with Gasteiger partial charge in [-0.3, -0.25) is 4.79 Å². The number of ether oxygens (including phenoxy) is 1. The average molecular weight is 335 g/mol. The SMILES string of the molecule is Cc1ccc(NC(=O)C2COc3ccccc32)cc1-n1nnnc1C. The fourth-order valence-electron chi connectivity index (χ4n) is 2.98. The van der Waals surface area contributed by atoms with E-state index < -0.39 is 0 Å². The summed E-state index contributed by atoms with van der Waals surface area (Å²) in [4.78, 5) is 12.7. The Morgan fingerprint density at radius 1 is 1.24 bits per heavy atom. The van der Waals surface area contributed by atoms with Gasteiger partial charge in [-0.15, -0.1) is 5.10 Å². The maximum absolute atomic E-state index is 12.7. The number of carbonyl (C=O) groups is 1. The molecule has 25 heavy (non-hydrogen) atoms. The zero-order valence-electron chi connectivity index (χ0n) is 13.9. The number of aryl methyl sites for hydroxylation is 2. The molecule has 1 N–H and O–H groups in total. The fourth-order valence-corrected chi connectivity index (χ4v) is 2.98. The standard InChI is InChI=1S/C18H17N5O2/c1-11-7-8-13(9-16(11)23-12(2)20-21-22-23)19-18(24)15-10-25-17-6-4-3-5-14(15)17/h3-9,15H,10H2,1-2H3,(H,19,24). The minimum Gasteiger partial charge on any atom is -0.492 e. The van der Waals surface area contributed by atoms with Crippen molar-refractivity contribution in [3.63, 3.8) is 0 Å². The van der Waals surface area contributed by atoms with Crippen LogP contribution in [-0.4, -0.2) is 32.7 Å². The van der Waals surface area contributed by atoms with Crippen LogP contribution in [0.25, 0.3) is 5.69 Å². The van der Waals surface area contributed by atoms with Crippen LogP contribution in [0.1, 0.15) is 22.9 Å². The maximum atomic E-state index is 12.7. The van der Waals surface area contributed by atoms with Crippen LogP contribution in [0.4, 0.5) is 5.69 Å². The second-order valence-corrected chi connectivity index (χ2v) is 6.03. The van der Waals surface area contributed by atoms with Crippen LogP contribution in [0.5, 0.6) is 5.75 Å². The van der Waals surface area contributed by atoms with Gasteiger partial charge in [0, 0.05) is 11.3 Å². The first-order chi connectivity index (χ1) is 12.1. The third kappa shape index (κ3) is 2.73. The molecular formula is C18H17N5O2. The highest BCUT2D eigenvalue weighted by Crippen LogP contribution is 2.34. The molecular weight excluding hydrogens is 318 g/mol. The molecule has 4 rings (SSSR count). The van der Waals surface area contributed by atoms with Crippen molar-refractivity contribution < 1.29 is 9.53 Å². The van der Waals surface area contributed by atoms with Crippen LogP contribution in [0, 0.1) is 13.8 Å². The molecule has 1 unspecified atom stereocenters. The molecule has 1 atom stereocenters. The van der Waals surface area contributed by atoms with Crippen LogP contribution in [0.3, 0.4) is 0 Å². The van der Waals surface area contributed by atoms with E-state index in [4.69, 9.17) is 4.74 Å². The Kier molecular flexibility index (Phi) is 3.68. The summed E-state index contributed by atoms with van der Waals surface area (Å²) in [5.41, 5.74) is 3.47. The van der Waals surface area contributed by atoms with Gasteiger partial charge in [0.05, 0.1) is 5.69 Å². The fraction of sp³-hybridized carbons (Fsp3) is 0.222. The van der Waals surface area contributed by atoms with Crippen molar-refractivity contribution in [3.05, 3.63) is 59.4 Å². The number of nitrogens with one attached hydrogen (secondary N) is 1. The lowest BCUT2D eigenvalue weighted by Crippen LogP contribution is -2.22. The number of para-hydroxylation sites is 1. The van der Waals surface area contributed by atoms with Gasteiger partial charge < -0.3 is 10.1 Å². The summed E-state index contributed by atoms with van der Waals surface area (Å²) < 4.78 is 7.25. The van der Waals surface area contributed by atoms with Gasteiger partial charge in [0.1, 0.15) is 18.3 Å². The van der Waals surface area contributed by atoms with Crippen LogP contribution in [0.15, 0.2) is 42.5 Å². The zero-order valence-corrected chi connectivity index (χ0v) is 13.9. The van der Waals surface area contributed by atoms with Crippen molar-refractivity contribution in [1.82, 2.24) is 20.2 Å². The number of benzene rings is 2. The normalized spacial score (nSPS) is 15.5. The predicted molar refractivity (Wildman–Crippen MR) is 91.9 cm³/mol. The smallest absolute Gasteiger partial charge is 0.235 e. The first-order valence-electron chi connectivity index (χ1n) is 8.02. The number of fused-ring (bicyclic) bond motifs is 1. The van der Waals surface area contributed by atoms with Gasteiger partial charge in [0.15, 0.2) is 5.82 Å². The number of hydrogen-bond acceptors (Lipinski definition) is 5. The van der Waals surface area contributed by atoms with Crippen LogP contribution in [-0.2, 0) is 4.79 Å². The van der Waals surface area contributed by atoms with Gasteiger partial charge in [-0.2, -0.15) is 4.68 Å². The summed E-state index contributed by atoms with van der Waals surface area (Å²) in [6, 6.07) is 13.3. The van der Waals surface area contributed by atoms with E-state index in [1.165, 1.54) is 0 Å². The number of aromatic nitrogens is 4. The van der Waals surface area contributed by atoms with E-state index in [0.717, 1.165) is 22.6 Å². The minimum atomic E-state index is -0.310. The quantitative estimate of drug-likeness (QED) is 0.795. The number of nitrogens with zero attached hydrogens (tertiary/aromatic N) is 4. The van der Waals surface area contributed by atoms with Gasteiger partial charge >= 0.3 is 0 Å². The number of anilines is 1. The van der Waals surface area contributed by atoms with Gasteiger partial charge in [0.2, 0.25) is 5.91 Å². The molecule has 7 nitrogen and oxygen atoms in total. The Morgan fingerprint density at radius 2 is 2.08 bits per heavy atom. The maximum Gasteiger partial charge on any atom is 0.235 e. The van der Waals surface area contributed by atoms with E-state index in [-0.39, 0.29) is 11.8 Å². The molecule has 1 aliphatic heterocycles. The summed E-state index contributed by atoms with van der Waals surface area (Å²) in [7, 11) is 0. The predicted octanol–water partition coefficient (Wildman–Crippen LogP) is 2.39. The molecule has 2 heterocycles. The topological polar surface area (TPSA) is 81.9 Å². The van der Waals surface area contributed by atoms with Crippen LogP contribution < -0.4 is 10.1 Å². The van der Waals surface area contributed by atoms with Crippen molar-refractivity contribution in [2.75, 3.05) is 11.9 Å². The molecule has 1 aliphatic rings. The highest BCUT2D eigenvalue weighted by molar-refractivity contribution is 5.97. The van der Waals surface area contributed by atoms with Crippen LogP contribution >= 0.6 is 0 Å². The van der Waals surface area contributed by atoms with E-state index in [1.807, 2.05) is 56.3 Å². The summed E-state index contributed by atoms with van der Waals surface area (Å²) in [6.45, 7) is 4.16. The molecule has 0 saturated carbocycles. The zero-order chi connectivity index (χ0) is 17.4. The Balaban J connectivity index is 1.60. The second-order valence-electron chi connectivity index (χ2n) is 6.03. The van der Waals surface area contributed by atoms with Crippen molar-refractivity contribution in [2.45, 2.75) is 19.8 Å². The van der Waals surface area contributed by atoms with Crippen molar-refractivity contribution in [2.24, 2.45) is 0 Å². The van der Waals surface area contributed by atoms with E-state index in [1.54, 1.807) is 4.68 Å². The lowest BCUT2D eigenvalue weighted by atomic mass is 10.0. The first kappa shape index (κ1) is 15.3. The number of amides is 1. The first-order valence-corrected chi connectivity index (χ1v) is 8.02. The number of rotatable bonds is 3. The molecule has 126 valence electrons. The highest BCUT2D eigenvalue weighted by Gasteiger charge is 2.30. The molecule has 0 spiro atoms. The Labute approximate surface area is 144 Å². The summed E-state index contributed by atoms with van der Waals surface area (Å²) in [5.74, 6) is 1.06. The van der Waals surface area contributed by atoms with Crippen LogP contribution in [0.2, 0.25) is 0 Å². The lowest BCUT2D eigenvalue weighted by molar-refractivity contribution is -0.117. The largest absolute Gasteiger partial charge is 0.492 e. The van der Waals surface area contributed by atoms with E-state index in [2.05, 4.69) is 20.8 Å². The average Bonchev–Trinajstić information content (AvgIpc) is 3.23. The summed E-state index contributed by atoms with van der Waals surface area (Å²) in [5, 5.41) is 14.6. The highest BCUT2D eigenvalue weighted by atomic mass is 16.5. The molecule has 7 heteroatoms. The van der Waals surface area contributed by atoms with E-state index >= 15 is 0 Å². The molecule has 0 fully saturated rings. The molecule has 1 amide bonds. The molecule has 2 aromatic carbocycles. The van der Waals surface area contributed by atoms with Gasteiger partial charge in [-0.05, 0) is 48.0 Å². The third-order valence-corrected chi connectivity index (χ3v) is 4.35. The van der Waals surface area contributed by atoms with Crippen molar-refractivity contribution in [1.29, 1.82) is 0 Å². The monoisotopic (exact) mass is 335 g/mol. The van der Waals surface area contributed by atoms with E-state index in [9.17, 15) is 4.79 Å². The molecule has 0 aliphatic carbocycles. The summed E-state index contributed by atoms with van der Waals surface area (Å²) >= 11 is 0. The Hall–Kier alpha value is -3.22. The minimum absolute atomic E-state index is 0.0896. The lowest BCUT2D eigenvalue weighted by Gasteiger charge is -2.13. The Morgan fingerprint density at radius 3 is 2.88 bits per heavy atom. The third-order valence-electron chi connectivity index (χ3n) is 4.35. The molecule has 1 aromatic heterocycles.